The highest BCUT2D eigenvalue weighted by Gasteiger charge is 2.37. The third kappa shape index (κ3) is 6.44. The van der Waals surface area contributed by atoms with Crippen molar-refractivity contribution in [3.63, 3.8) is 0 Å². The SMILES string of the molecule is CCCCN1C[C@H](C(=O)N[C@@H](Cc2cc(F)cc(F)c2)[C@@H](O)[C@H]2CNCCN2)CC1=O. The number of carbonyl (C=O) groups is 2. The molecule has 1 aromatic carbocycles. The Bertz CT molecular complexity index is 753. The second-order valence-electron chi connectivity index (χ2n) is 8.45. The summed E-state index contributed by atoms with van der Waals surface area (Å²) in [4.78, 5) is 26.9. The molecule has 4 atom stereocenters. The molecule has 0 unspecified atom stereocenters. The van der Waals surface area contributed by atoms with Crippen LogP contribution in [0.1, 0.15) is 31.7 Å². The van der Waals surface area contributed by atoms with Gasteiger partial charge in [0.25, 0.3) is 0 Å². The van der Waals surface area contributed by atoms with Crippen LogP contribution in [0.25, 0.3) is 0 Å². The Hall–Kier alpha value is -2.10. The largest absolute Gasteiger partial charge is 0.389 e. The molecule has 0 bridgehead atoms. The molecule has 0 aliphatic carbocycles. The monoisotopic (exact) mass is 438 g/mol. The minimum absolute atomic E-state index is 0.0453. The highest BCUT2D eigenvalue weighted by molar-refractivity contribution is 5.89. The van der Waals surface area contributed by atoms with Crippen LogP contribution in [0.3, 0.4) is 0 Å². The Labute approximate surface area is 181 Å². The van der Waals surface area contributed by atoms with Crippen LogP contribution in [-0.4, -0.2) is 72.7 Å². The molecule has 1 aromatic rings. The fourth-order valence-corrected chi connectivity index (χ4v) is 4.25. The lowest BCUT2D eigenvalue weighted by atomic mass is 9.94. The third-order valence-corrected chi connectivity index (χ3v) is 5.97. The molecule has 9 heteroatoms. The summed E-state index contributed by atoms with van der Waals surface area (Å²) in [6.07, 6.45) is 1.07. The number of benzene rings is 1. The summed E-state index contributed by atoms with van der Waals surface area (Å²) in [5, 5.41) is 20.2. The minimum atomic E-state index is -0.976. The molecule has 4 N–H and O–H groups in total. The maximum Gasteiger partial charge on any atom is 0.225 e. The summed E-state index contributed by atoms with van der Waals surface area (Å²) in [7, 11) is 0. The number of likely N-dealkylation sites (tertiary alicyclic amines) is 1. The van der Waals surface area contributed by atoms with Gasteiger partial charge in [-0.2, -0.15) is 0 Å². The normalized spacial score (nSPS) is 23.6. The molecular formula is C22H32F2N4O3. The van der Waals surface area contributed by atoms with Crippen molar-refractivity contribution in [2.75, 3.05) is 32.7 Å². The van der Waals surface area contributed by atoms with E-state index in [1.54, 1.807) is 4.90 Å². The molecule has 172 valence electrons. The molecule has 3 rings (SSSR count). The van der Waals surface area contributed by atoms with E-state index < -0.39 is 29.7 Å². The summed E-state index contributed by atoms with van der Waals surface area (Å²) in [5.74, 6) is -2.28. The molecule has 2 aliphatic rings. The summed E-state index contributed by atoms with van der Waals surface area (Å²) in [5.41, 5.74) is 0.345. The van der Waals surface area contributed by atoms with E-state index in [0.29, 0.717) is 31.7 Å². The summed E-state index contributed by atoms with van der Waals surface area (Å²) in [6.45, 7) is 4.97. The highest BCUT2D eigenvalue weighted by atomic mass is 19.1. The predicted octanol–water partition coefficient (Wildman–Crippen LogP) is 0.563. The molecule has 2 fully saturated rings. The first-order chi connectivity index (χ1) is 14.9. The Morgan fingerprint density at radius 1 is 1.29 bits per heavy atom. The van der Waals surface area contributed by atoms with Crippen LogP contribution < -0.4 is 16.0 Å². The molecule has 2 aliphatic heterocycles. The van der Waals surface area contributed by atoms with E-state index in [0.717, 1.165) is 25.5 Å². The van der Waals surface area contributed by atoms with Crippen LogP contribution in [-0.2, 0) is 16.0 Å². The Morgan fingerprint density at radius 2 is 2.03 bits per heavy atom. The van der Waals surface area contributed by atoms with Gasteiger partial charge in [0.15, 0.2) is 0 Å². The van der Waals surface area contributed by atoms with Crippen molar-refractivity contribution in [3.8, 4) is 0 Å². The molecule has 2 saturated heterocycles. The van der Waals surface area contributed by atoms with Gasteiger partial charge in [0.2, 0.25) is 11.8 Å². The van der Waals surface area contributed by atoms with Crippen molar-refractivity contribution in [1.82, 2.24) is 20.9 Å². The van der Waals surface area contributed by atoms with E-state index in [2.05, 4.69) is 16.0 Å². The van der Waals surface area contributed by atoms with Crippen LogP contribution in [0.2, 0.25) is 0 Å². The van der Waals surface area contributed by atoms with Crippen LogP contribution in [0.15, 0.2) is 18.2 Å². The number of halogens is 2. The van der Waals surface area contributed by atoms with Crippen LogP contribution in [0.5, 0.6) is 0 Å². The molecular weight excluding hydrogens is 406 g/mol. The Kier molecular flexibility index (Phi) is 8.34. The fraction of sp³-hybridized carbons (Fsp3) is 0.636. The van der Waals surface area contributed by atoms with E-state index in [-0.39, 0.29) is 30.7 Å². The summed E-state index contributed by atoms with van der Waals surface area (Å²) < 4.78 is 27.4. The molecule has 2 heterocycles. The first-order valence-electron chi connectivity index (χ1n) is 11.0. The van der Waals surface area contributed by atoms with Crippen molar-refractivity contribution in [2.45, 2.75) is 50.8 Å². The van der Waals surface area contributed by atoms with E-state index in [1.807, 2.05) is 6.92 Å². The minimum Gasteiger partial charge on any atom is -0.389 e. The average molecular weight is 439 g/mol. The fourth-order valence-electron chi connectivity index (χ4n) is 4.25. The van der Waals surface area contributed by atoms with Gasteiger partial charge in [-0.3, -0.25) is 9.59 Å². The lowest BCUT2D eigenvalue weighted by Gasteiger charge is -2.34. The second-order valence-corrected chi connectivity index (χ2v) is 8.45. The average Bonchev–Trinajstić information content (AvgIpc) is 3.11. The summed E-state index contributed by atoms with van der Waals surface area (Å²) >= 11 is 0. The van der Waals surface area contributed by atoms with Gasteiger partial charge >= 0.3 is 0 Å². The maximum atomic E-state index is 13.7. The lowest BCUT2D eigenvalue weighted by Crippen LogP contribution is -2.61. The number of amides is 2. The smallest absolute Gasteiger partial charge is 0.225 e. The van der Waals surface area contributed by atoms with Gasteiger partial charge < -0.3 is 26.0 Å². The Balaban J connectivity index is 1.71. The van der Waals surface area contributed by atoms with Crippen LogP contribution in [0, 0.1) is 17.6 Å². The van der Waals surface area contributed by atoms with Gasteiger partial charge in [0.1, 0.15) is 11.6 Å². The zero-order chi connectivity index (χ0) is 22.4. The topological polar surface area (TPSA) is 93.7 Å². The van der Waals surface area contributed by atoms with E-state index in [1.165, 1.54) is 12.1 Å². The number of piperazine rings is 1. The number of unbranched alkanes of at least 4 members (excludes halogenated alkanes) is 1. The molecule has 7 nitrogen and oxygen atoms in total. The lowest BCUT2D eigenvalue weighted by molar-refractivity contribution is -0.129. The zero-order valence-corrected chi connectivity index (χ0v) is 17.9. The third-order valence-electron chi connectivity index (χ3n) is 5.97. The van der Waals surface area contributed by atoms with E-state index >= 15 is 0 Å². The molecule has 2 amide bonds. The van der Waals surface area contributed by atoms with Crippen LogP contribution in [0.4, 0.5) is 8.78 Å². The first kappa shape index (κ1) is 23.6. The van der Waals surface area contributed by atoms with Gasteiger partial charge in [-0.05, 0) is 30.5 Å². The van der Waals surface area contributed by atoms with Gasteiger partial charge in [0.05, 0.1) is 18.1 Å². The number of rotatable bonds is 9. The maximum absolute atomic E-state index is 13.7. The molecule has 0 spiro atoms. The van der Waals surface area contributed by atoms with Crippen molar-refractivity contribution in [1.29, 1.82) is 0 Å². The second kappa shape index (κ2) is 11.0. The predicted molar refractivity (Wildman–Crippen MR) is 112 cm³/mol. The van der Waals surface area contributed by atoms with Crippen molar-refractivity contribution < 1.29 is 23.5 Å². The molecule has 0 radical (unpaired) electrons. The van der Waals surface area contributed by atoms with Crippen molar-refractivity contribution in [2.24, 2.45) is 5.92 Å². The number of nitrogens with one attached hydrogen (secondary N) is 3. The number of aliphatic hydroxyl groups excluding tert-OH is 1. The van der Waals surface area contributed by atoms with E-state index in [4.69, 9.17) is 0 Å². The van der Waals surface area contributed by atoms with Crippen LogP contribution >= 0.6 is 0 Å². The molecule has 31 heavy (non-hydrogen) atoms. The van der Waals surface area contributed by atoms with Gasteiger partial charge in [0, 0.05) is 51.3 Å². The zero-order valence-electron chi connectivity index (χ0n) is 17.9. The number of hydrogen-bond donors (Lipinski definition) is 4. The first-order valence-corrected chi connectivity index (χ1v) is 11.0. The van der Waals surface area contributed by atoms with E-state index in [9.17, 15) is 23.5 Å². The number of hydrogen-bond acceptors (Lipinski definition) is 5. The molecule has 0 aromatic heterocycles. The summed E-state index contributed by atoms with van der Waals surface area (Å²) in [6, 6.07) is 2.12. The van der Waals surface area contributed by atoms with Gasteiger partial charge in [-0.25, -0.2) is 8.78 Å². The number of nitrogens with zero attached hydrogens (tertiary/aromatic N) is 1. The number of carbonyl (C=O) groups excluding carboxylic acids is 2. The standard InChI is InChI=1S/C22H32F2N4O3/c1-2-3-6-28-13-15(10-20(28)29)22(31)27-18(21(30)19-12-25-4-5-26-19)9-14-7-16(23)11-17(24)8-14/h7-8,11,15,18-19,21,25-26,30H,2-6,9-10,12-13H2,1H3,(H,27,31)/t15-,18+,19-,21-/m1/s1. The Morgan fingerprint density at radius 3 is 2.68 bits per heavy atom. The number of aliphatic hydroxyl groups is 1. The van der Waals surface area contributed by atoms with Crippen molar-refractivity contribution in [3.05, 3.63) is 35.4 Å². The van der Waals surface area contributed by atoms with Gasteiger partial charge in [-0.15, -0.1) is 0 Å². The molecule has 0 saturated carbocycles. The highest BCUT2D eigenvalue weighted by Crippen LogP contribution is 2.20. The van der Waals surface area contributed by atoms with Crippen molar-refractivity contribution >= 4 is 11.8 Å². The van der Waals surface area contributed by atoms with Gasteiger partial charge in [-0.1, -0.05) is 13.3 Å². The quantitative estimate of drug-likeness (QED) is 0.452.